The molecule has 0 heterocycles. The topological polar surface area (TPSA) is 66.5 Å². The number of sulfonamides is 1. The standard InChI is InChI=1S/C20H23F3N2O3S/c1-3-15(2)24-19(26)14-25(13-16-8-5-4-6-9-16)29(27,28)18-11-7-10-17(12-18)20(21,22)23/h4-12,15H,3,13-14H2,1-2H3,(H,24,26)/t15-/m1/s1. The molecule has 0 spiro atoms. The van der Waals surface area contributed by atoms with Crippen molar-refractivity contribution in [1.82, 2.24) is 9.62 Å². The zero-order valence-electron chi connectivity index (χ0n) is 16.1. The molecule has 29 heavy (non-hydrogen) atoms. The van der Waals surface area contributed by atoms with Gasteiger partial charge in [0.2, 0.25) is 15.9 Å². The van der Waals surface area contributed by atoms with E-state index in [0.717, 1.165) is 22.5 Å². The summed E-state index contributed by atoms with van der Waals surface area (Å²) in [5.74, 6) is -0.522. The number of halogens is 3. The number of hydrogen-bond acceptors (Lipinski definition) is 3. The molecule has 0 aliphatic carbocycles. The molecule has 2 aromatic rings. The van der Waals surface area contributed by atoms with Crippen LogP contribution in [0.4, 0.5) is 13.2 Å². The van der Waals surface area contributed by atoms with Crippen molar-refractivity contribution in [3.63, 3.8) is 0 Å². The summed E-state index contributed by atoms with van der Waals surface area (Å²) in [5.41, 5.74) is -0.457. The van der Waals surface area contributed by atoms with Gasteiger partial charge in [-0.15, -0.1) is 0 Å². The highest BCUT2D eigenvalue weighted by Gasteiger charge is 2.33. The quantitative estimate of drug-likeness (QED) is 0.695. The minimum atomic E-state index is -4.68. The van der Waals surface area contributed by atoms with Gasteiger partial charge in [-0.25, -0.2) is 8.42 Å². The third kappa shape index (κ3) is 6.30. The van der Waals surface area contributed by atoms with E-state index in [1.54, 1.807) is 37.3 Å². The highest BCUT2D eigenvalue weighted by molar-refractivity contribution is 7.89. The van der Waals surface area contributed by atoms with Gasteiger partial charge in [-0.3, -0.25) is 4.79 Å². The van der Waals surface area contributed by atoms with Crippen LogP contribution in [0.2, 0.25) is 0 Å². The molecule has 158 valence electrons. The van der Waals surface area contributed by atoms with E-state index >= 15 is 0 Å². The third-order valence-electron chi connectivity index (χ3n) is 4.34. The van der Waals surface area contributed by atoms with E-state index < -0.39 is 39.1 Å². The van der Waals surface area contributed by atoms with Gasteiger partial charge in [0, 0.05) is 12.6 Å². The first-order valence-corrected chi connectivity index (χ1v) is 10.5. The van der Waals surface area contributed by atoms with Crippen molar-refractivity contribution in [2.45, 2.75) is 43.9 Å². The van der Waals surface area contributed by atoms with Crippen molar-refractivity contribution in [3.05, 3.63) is 65.7 Å². The molecule has 0 fully saturated rings. The molecule has 2 aromatic carbocycles. The number of amides is 1. The average molecular weight is 428 g/mol. The minimum absolute atomic E-state index is 0.145. The van der Waals surface area contributed by atoms with Crippen molar-refractivity contribution >= 4 is 15.9 Å². The van der Waals surface area contributed by atoms with Gasteiger partial charge in [-0.2, -0.15) is 17.5 Å². The average Bonchev–Trinajstić information content (AvgIpc) is 2.67. The lowest BCUT2D eigenvalue weighted by molar-refractivity contribution is -0.137. The van der Waals surface area contributed by atoms with Crippen molar-refractivity contribution in [3.8, 4) is 0 Å². The van der Waals surface area contributed by atoms with Gasteiger partial charge in [0.15, 0.2) is 0 Å². The Labute approximate surface area is 168 Å². The molecule has 0 radical (unpaired) electrons. The molecule has 1 amide bonds. The Bertz CT molecular complexity index is 931. The van der Waals surface area contributed by atoms with Crippen LogP contribution in [0.1, 0.15) is 31.4 Å². The summed E-state index contributed by atoms with van der Waals surface area (Å²) in [5, 5.41) is 2.68. The molecule has 1 atom stereocenters. The van der Waals surface area contributed by atoms with Crippen LogP contribution in [-0.4, -0.2) is 31.2 Å². The van der Waals surface area contributed by atoms with Crippen LogP contribution in [0.25, 0.3) is 0 Å². The molecule has 5 nitrogen and oxygen atoms in total. The Morgan fingerprint density at radius 3 is 2.34 bits per heavy atom. The van der Waals surface area contributed by atoms with Crippen molar-refractivity contribution < 1.29 is 26.4 Å². The number of nitrogens with zero attached hydrogens (tertiary/aromatic N) is 1. The molecule has 0 aromatic heterocycles. The van der Waals surface area contributed by atoms with Crippen LogP contribution in [-0.2, 0) is 27.5 Å². The maximum Gasteiger partial charge on any atom is 0.416 e. The molecule has 0 aliphatic rings. The molecule has 0 unspecified atom stereocenters. The summed E-state index contributed by atoms with van der Waals surface area (Å²) < 4.78 is 66.1. The van der Waals surface area contributed by atoms with E-state index in [0.29, 0.717) is 18.1 Å². The Kier molecular flexibility index (Phi) is 7.43. The number of carbonyl (C=O) groups excluding carboxylic acids is 1. The number of hydrogen-bond donors (Lipinski definition) is 1. The van der Waals surface area contributed by atoms with Gasteiger partial charge in [-0.1, -0.05) is 43.3 Å². The summed E-state index contributed by atoms with van der Waals surface area (Å²) >= 11 is 0. The maximum absolute atomic E-state index is 13.1. The van der Waals surface area contributed by atoms with Gasteiger partial charge in [0.1, 0.15) is 0 Å². The van der Waals surface area contributed by atoms with Gasteiger partial charge >= 0.3 is 6.18 Å². The smallest absolute Gasteiger partial charge is 0.353 e. The second-order valence-electron chi connectivity index (χ2n) is 6.66. The van der Waals surface area contributed by atoms with E-state index in [-0.39, 0.29) is 12.6 Å². The Hall–Kier alpha value is -2.39. The molecular weight excluding hydrogens is 405 g/mol. The minimum Gasteiger partial charge on any atom is -0.353 e. The maximum atomic E-state index is 13.1. The van der Waals surface area contributed by atoms with Crippen LogP contribution in [0.3, 0.4) is 0 Å². The van der Waals surface area contributed by atoms with Crippen LogP contribution in [0.5, 0.6) is 0 Å². The fraction of sp³-hybridized carbons (Fsp3) is 0.350. The Balaban J connectivity index is 2.39. The number of alkyl halides is 3. The van der Waals surface area contributed by atoms with Crippen LogP contribution in [0.15, 0.2) is 59.5 Å². The lowest BCUT2D eigenvalue weighted by atomic mass is 10.2. The lowest BCUT2D eigenvalue weighted by Gasteiger charge is -2.23. The monoisotopic (exact) mass is 428 g/mol. The molecule has 9 heteroatoms. The number of carbonyl (C=O) groups is 1. The molecular formula is C20H23F3N2O3S. The molecule has 0 bridgehead atoms. The Morgan fingerprint density at radius 1 is 1.10 bits per heavy atom. The normalized spacial score (nSPS) is 13.3. The summed E-state index contributed by atoms with van der Waals surface area (Å²) in [4.78, 5) is 11.8. The van der Waals surface area contributed by atoms with Gasteiger partial charge in [0.25, 0.3) is 0 Å². The largest absolute Gasteiger partial charge is 0.416 e. The van der Waals surface area contributed by atoms with Crippen molar-refractivity contribution in [2.24, 2.45) is 0 Å². The highest BCUT2D eigenvalue weighted by atomic mass is 32.2. The predicted octanol–water partition coefficient (Wildman–Crippen LogP) is 3.81. The second kappa shape index (κ2) is 9.41. The molecule has 1 N–H and O–H groups in total. The highest BCUT2D eigenvalue weighted by Crippen LogP contribution is 2.31. The summed E-state index contributed by atoms with van der Waals surface area (Å²) in [6.07, 6.45) is -4.02. The summed E-state index contributed by atoms with van der Waals surface area (Å²) in [7, 11) is -4.35. The fourth-order valence-electron chi connectivity index (χ4n) is 2.58. The van der Waals surface area contributed by atoms with E-state index in [4.69, 9.17) is 0 Å². The third-order valence-corrected chi connectivity index (χ3v) is 6.13. The van der Waals surface area contributed by atoms with Crippen molar-refractivity contribution in [1.29, 1.82) is 0 Å². The predicted molar refractivity (Wildman–Crippen MR) is 103 cm³/mol. The number of nitrogens with one attached hydrogen (secondary N) is 1. The number of benzene rings is 2. The van der Waals surface area contributed by atoms with Gasteiger partial charge in [0.05, 0.1) is 17.0 Å². The van der Waals surface area contributed by atoms with E-state index in [2.05, 4.69) is 5.32 Å². The van der Waals surface area contributed by atoms with Crippen LogP contribution < -0.4 is 5.32 Å². The first-order valence-electron chi connectivity index (χ1n) is 9.04. The molecule has 0 saturated heterocycles. The van der Waals surface area contributed by atoms with Gasteiger partial charge in [-0.05, 0) is 37.1 Å². The first-order chi connectivity index (χ1) is 13.5. The van der Waals surface area contributed by atoms with Crippen LogP contribution >= 0.6 is 0 Å². The van der Waals surface area contributed by atoms with Crippen LogP contribution in [0, 0.1) is 0 Å². The summed E-state index contributed by atoms with van der Waals surface area (Å²) in [6, 6.07) is 11.9. The SMILES string of the molecule is CC[C@@H](C)NC(=O)CN(Cc1ccccc1)S(=O)(=O)c1cccc(C(F)(F)F)c1. The zero-order chi connectivity index (χ0) is 21.7. The van der Waals surface area contributed by atoms with E-state index in [9.17, 15) is 26.4 Å². The Morgan fingerprint density at radius 2 is 1.76 bits per heavy atom. The number of rotatable bonds is 8. The van der Waals surface area contributed by atoms with Gasteiger partial charge < -0.3 is 5.32 Å². The summed E-state index contributed by atoms with van der Waals surface area (Å²) in [6.45, 7) is 3.00. The fourth-order valence-corrected chi connectivity index (χ4v) is 4.01. The molecule has 0 aliphatic heterocycles. The van der Waals surface area contributed by atoms with E-state index in [1.807, 2.05) is 6.92 Å². The van der Waals surface area contributed by atoms with E-state index in [1.165, 1.54) is 0 Å². The molecule has 0 saturated carbocycles. The lowest BCUT2D eigenvalue weighted by Crippen LogP contribution is -2.43. The first kappa shape index (κ1) is 22.9. The second-order valence-corrected chi connectivity index (χ2v) is 8.60. The molecule has 2 rings (SSSR count). The van der Waals surface area contributed by atoms with Crippen molar-refractivity contribution in [2.75, 3.05) is 6.54 Å². The zero-order valence-corrected chi connectivity index (χ0v) is 16.9.